The molecular formula is C14H10ClFN2O2S. The summed E-state index contributed by atoms with van der Waals surface area (Å²) < 4.78 is 12.9. The van der Waals surface area contributed by atoms with Crippen LogP contribution >= 0.6 is 22.9 Å². The standard InChI is InChI=1S/C14H10ClFN2O2S/c15-12-7-9(16)4-5-11(12)13(20)18-14-17-8-10(21-14)3-1-2-6-19/h4-5,7-8,19H,2,6H2,(H,17,18,20). The fourth-order valence-electron chi connectivity index (χ4n) is 1.43. The van der Waals surface area contributed by atoms with Crippen molar-refractivity contribution >= 4 is 34.0 Å². The van der Waals surface area contributed by atoms with Crippen molar-refractivity contribution in [2.45, 2.75) is 6.42 Å². The second kappa shape index (κ2) is 7.18. The Hall–Kier alpha value is -1.94. The molecule has 1 aromatic heterocycles. The van der Waals surface area contributed by atoms with Crippen molar-refractivity contribution in [2.24, 2.45) is 0 Å². The predicted octanol–water partition coefficient (Wildman–Crippen LogP) is 2.92. The molecule has 0 bridgehead atoms. The lowest BCUT2D eigenvalue weighted by Crippen LogP contribution is -2.12. The van der Waals surface area contributed by atoms with Gasteiger partial charge in [0.15, 0.2) is 5.13 Å². The van der Waals surface area contributed by atoms with Crippen molar-refractivity contribution < 1.29 is 14.3 Å². The molecule has 1 heterocycles. The third-order valence-corrected chi connectivity index (χ3v) is 3.49. The minimum atomic E-state index is -0.507. The van der Waals surface area contributed by atoms with Gasteiger partial charge in [-0.05, 0) is 18.2 Å². The fourth-order valence-corrected chi connectivity index (χ4v) is 2.37. The van der Waals surface area contributed by atoms with Crippen LogP contribution in [0, 0.1) is 17.7 Å². The van der Waals surface area contributed by atoms with Crippen molar-refractivity contribution in [3.63, 3.8) is 0 Å². The summed E-state index contributed by atoms with van der Waals surface area (Å²) in [6, 6.07) is 3.54. The van der Waals surface area contributed by atoms with E-state index in [1.54, 1.807) is 0 Å². The average Bonchev–Trinajstić information content (AvgIpc) is 2.86. The quantitative estimate of drug-likeness (QED) is 0.853. The van der Waals surface area contributed by atoms with E-state index in [1.165, 1.54) is 23.6 Å². The molecule has 0 aliphatic carbocycles. The number of aromatic nitrogens is 1. The van der Waals surface area contributed by atoms with E-state index < -0.39 is 11.7 Å². The summed E-state index contributed by atoms with van der Waals surface area (Å²) in [6.07, 6.45) is 1.90. The summed E-state index contributed by atoms with van der Waals surface area (Å²) in [4.78, 5) is 16.7. The third-order valence-electron chi connectivity index (χ3n) is 2.35. The molecule has 108 valence electrons. The zero-order valence-electron chi connectivity index (χ0n) is 10.7. The third kappa shape index (κ3) is 4.26. The molecular weight excluding hydrogens is 315 g/mol. The van der Waals surface area contributed by atoms with E-state index in [-0.39, 0.29) is 17.2 Å². The van der Waals surface area contributed by atoms with Gasteiger partial charge in [-0.1, -0.05) is 34.8 Å². The Bertz CT molecular complexity index is 721. The van der Waals surface area contributed by atoms with E-state index in [2.05, 4.69) is 22.1 Å². The van der Waals surface area contributed by atoms with Crippen molar-refractivity contribution in [3.05, 3.63) is 45.7 Å². The number of carbonyl (C=O) groups excluding carboxylic acids is 1. The Morgan fingerprint density at radius 2 is 2.33 bits per heavy atom. The Labute approximate surface area is 129 Å². The Morgan fingerprint density at radius 1 is 1.52 bits per heavy atom. The van der Waals surface area contributed by atoms with Crippen LogP contribution in [-0.2, 0) is 0 Å². The van der Waals surface area contributed by atoms with Gasteiger partial charge in [-0.25, -0.2) is 9.37 Å². The highest BCUT2D eigenvalue weighted by atomic mass is 35.5. The number of hydrogen-bond donors (Lipinski definition) is 2. The van der Waals surface area contributed by atoms with Gasteiger partial charge >= 0.3 is 0 Å². The second-order valence-electron chi connectivity index (χ2n) is 3.88. The number of amides is 1. The summed E-state index contributed by atoms with van der Waals surface area (Å²) in [6.45, 7) is -0.00153. The first-order valence-electron chi connectivity index (χ1n) is 5.92. The van der Waals surface area contributed by atoms with E-state index >= 15 is 0 Å². The maximum atomic E-state index is 12.9. The number of benzene rings is 1. The highest BCUT2D eigenvalue weighted by Crippen LogP contribution is 2.21. The number of aliphatic hydroxyl groups excluding tert-OH is 1. The minimum Gasteiger partial charge on any atom is -0.395 e. The SMILES string of the molecule is O=C(Nc1ncc(C#CCCO)s1)c1ccc(F)cc1Cl. The highest BCUT2D eigenvalue weighted by molar-refractivity contribution is 7.16. The minimum absolute atomic E-state index is 0.00153. The molecule has 0 unspecified atom stereocenters. The van der Waals surface area contributed by atoms with Gasteiger partial charge in [0.2, 0.25) is 0 Å². The van der Waals surface area contributed by atoms with Gasteiger partial charge in [-0.15, -0.1) is 0 Å². The smallest absolute Gasteiger partial charge is 0.258 e. The van der Waals surface area contributed by atoms with Gasteiger partial charge in [-0.2, -0.15) is 0 Å². The summed E-state index contributed by atoms with van der Waals surface area (Å²) in [5, 5.41) is 11.6. The van der Waals surface area contributed by atoms with Crippen molar-refractivity contribution in [3.8, 4) is 11.8 Å². The number of thiazole rings is 1. The van der Waals surface area contributed by atoms with E-state index in [4.69, 9.17) is 16.7 Å². The molecule has 1 amide bonds. The molecule has 2 aromatic rings. The van der Waals surface area contributed by atoms with Crippen LogP contribution in [0.2, 0.25) is 5.02 Å². The number of nitrogens with zero attached hydrogens (tertiary/aromatic N) is 1. The lowest BCUT2D eigenvalue weighted by atomic mass is 10.2. The Kier molecular flexibility index (Phi) is 5.28. The van der Waals surface area contributed by atoms with Crippen LogP contribution in [-0.4, -0.2) is 22.6 Å². The first-order chi connectivity index (χ1) is 10.1. The molecule has 0 aliphatic heterocycles. The molecule has 7 heteroatoms. The van der Waals surface area contributed by atoms with Crippen LogP contribution in [0.25, 0.3) is 0 Å². The molecule has 1 aromatic carbocycles. The number of halogens is 2. The monoisotopic (exact) mass is 324 g/mol. The number of aliphatic hydroxyl groups is 1. The van der Waals surface area contributed by atoms with Crippen LogP contribution in [0.3, 0.4) is 0 Å². The van der Waals surface area contributed by atoms with Gasteiger partial charge in [0.05, 0.1) is 28.3 Å². The molecule has 0 aliphatic rings. The van der Waals surface area contributed by atoms with Gasteiger partial charge in [0, 0.05) is 6.42 Å². The predicted molar refractivity (Wildman–Crippen MR) is 80.1 cm³/mol. The molecule has 0 radical (unpaired) electrons. The zero-order valence-corrected chi connectivity index (χ0v) is 12.3. The lowest BCUT2D eigenvalue weighted by molar-refractivity contribution is 0.102. The molecule has 4 nitrogen and oxygen atoms in total. The van der Waals surface area contributed by atoms with Crippen LogP contribution in [0.1, 0.15) is 21.7 Å². The first-order valence-corrected chi connectivity index (χ1v) is 7.11. The molecule has 0 fully saturated rings. The number of nitrogens with one attached hydrogen (secondary N) is 1. The molecule has 2 rings (SSSR count). The lowest BCUT2D eigenvalue weighted by Gasteiger charge is -2.03. The van der Waals surface area contributed by atoms with Crippen molar-refractivity contribution in [2.75, 3.05) is 11.9 Å². The summed E-state index contributed by atoms with van der Waals surface area (Å²) in [5.74, 6) is 4.60. The largest absolute Gasteiger partial charge is 0.395 e. The maximum Gasteiger partial charge on any atom is 0.258 e. The van der Waals surface area contributed by atoms with Crippen molar-refractivity contribution in [1.29, 1.82) is 0 Å². The first kappa shape index (κ1) is 15.4. The molecule has 0 spiro atoms. The molecule has 0 saturated heterocycles. The number of carbonyl (C=O) groups is 1. The van der Waals surface area contributed by atoms with Gasteiger partial charge in [-0.3, -0.25) is 10.1 Å². The molecule has 0 saturated carbocycles. The van der Waals surface area contributed by atoms with E-state index in [0.29, 0.717) is 16.4 Å². The van der Waals surface area contributed by atoms with Crippen LogP contribution in [0.15, 0.2) is 24.4 Å². The normalized spacial score (nSPS) is 9.86. The topological polar surface area (TPSA) is 62.2 Å². The highest BCUT2D eigenvalue weighted by Gasteiger charge is 2.12. The Morgan fingerprint density at radius 3 is 3.05 bits per heavy atom. The summed E-state index contributed by atoms with van der Waals surface area (Å²) in [5.41, 5.74) is 0.168. The fraction of sp³-hybridized carbons (Fsp3) is 0.143. The molecule has 21 heavy (non-hydrogen) atoms. The second-order valence-corrected chi connectivity index (χ2v) is 5.32. The van der Waals surface area contributed by atoms with Crippen LogP contribution in [0.4, 0.5) is 9.52 Å². The summed E-state index contributed by atoms with van der Waals surface area (Å²) >= 11 is 7.02. The molecule has 0 atom stereocenters. The molecule has 2 N–H and O–H groups in total. The van der Waals surface area contributed by atoms with E-state index in [9.17, 15) is 9.18 Å². The van der Waals surface area contributed by atoms with Gasteiger partial charge < -0.3 is 5.11 Å². The van der Waals surface area contributed by atoms with Crippen molar-refractivity contribution in [1.82, 2.24) is 4.98 Å². The van der Waals surface area contributed by atoms with Crippen LogP contribution in [0.5, 0.6) is 0 Å². The Balaban J connectivity index is 2.08. The number of hydrogen-bond acceptors (Lipinski definition) is 4. The number of anilines is 1. The van der Waals surface area contributed by atoms with E-state index in [1.807, 2.05) is 0 Å². The van der Waals surface area contributed by atoms with Gasteiger partial charge in [0.1, 0.15) is 5.82 Å². The number of rotatable bonds is 3. The summed E-state index contributed by atoms with van der Waals surface area (Å²) in [7, 11) is 0. The van der Waals surface area contributed by atoms with E-state index in [0.717, 1.165) is 12.1 Å². The van der Waals surface area contributed by atoms with Gasteiger partial charge in [0.25, 0.3) is 5.91 Å². The maximum absolute atomic E-state index is 12.9. The average molecular weight is 325 g/mol. The van der Waals surface area contributed by atoms with Crippen LogP contribution < -0.4 is 5.32 Å². The zero-order chi connectivity index (χ0) is 15.2.